The normalized spacial score (nSPS) is 13.6. The first kappa shape index (κ1) is 15.6. The predicted molar refractivity (Wildman–Crippen MR) is 81.9 cm³/mol. The average Bonchev–Trinajstić information content (AvgIpc) is 2.96. The predicted octanol–water partition coefficient (Wildman–Crippen LogP) is 3.85. The van der Waals surface area contributed by atoms with Crippen LogP contribution in [0.5, 0.6) is 5.75 Å². The Labute approximate surface area is 136 Å². The lowest BCUT2D eigenvalue weighted by Crippen LogP contribution is -2.18. The fourth-order valence-electron chi connectivity index (χ4n) is 2.57. The lowest BCUT2D eigenvalue weighted by atomic mass is 9.94. The molecule has 0 saturated carbocycles. The number of hydrogen-bond acceptors (Lipinski definition) is 4. The van der Waals surface area contributed by atoms with Gasteiger partial charge in [0.1, 0.15) is 23.6 Å². The van der Waals surface area contributed by atoms with E-state index in [-0.39, 0.29) is 27.8 Å². The summed E-state index contributed by atoms with van der Waals surface area (Å²) in [5.41, 5.74) is 0.571. The topological polar surface area (TPSA) is 68.5 Å². The fourth-order valence-corrected chi connectivity index (χ4v) is 2.73. The third-order valence-electron chi connectivity index (χ3n) is 3.69. The molecule has 0 saturated heterocycles. The van der Waals surface area contributed by atoms with Crippen LogP contribution < -0.4 is 10.1 Å². The zero-order valence-electron chi connectivity index (χ0n) is 12.2. The van der Waals surface area contributed by atoms with Crippen LogP contribution in [-0.2, 0) is 6.42 Å². The van der Waals surface area contributed by atoms with Crippen molar-refractivity contribution < 1.29 is 23.1 Å². The molecule has 23 heavy (non-hydrogen) atoms. The number of hydrogen-bond donors (Lipinski definition) is 1. The summed E-state index contributed by atoms with van der Waals surface area (Å²) in [6.45, 7) is 0. The number of anilines is 1. The molecule has 0 aliphatic heterocycles. The molecule has 1 aliphatic rings. The second-order valence-electron chi connectivity index (χ2n) is 5.15. The first-order chi connectivity index (χ1) is 11.0. The van der Waals surface area contributed by atoms with Gasteiger partial charge < -0.3 is 14.5 Å². The SMILES string of the molecule is COc1cc(Cl)c(F)cc1NC(=O)c1coc2c1C(=O)CCC2. The number of carbonyl (C=O) groups excluding carboxylic acids is 2. The summed E-state index contributed by atoms with van der Waals surface area (Å²) in [5, 5.41) is 2.41. The Hall–Kier alpha value is -2.34. The van der Waals surface area contributed by atoms with Crippen molar-refractivity contribution in [3.8, 4) is 5.75 Å². The number of furan rings is 1. The largest absolute Gasteiger partial charge is 0.495 e. The Morgan fingerprint density at radius 3 is 2.91 bits per heavy atom. The number of fused-ring (bicyclic) bond motifs is 1. The van der Waals surface area contributed by atoms with Crippen molar-refractivity contribution in [2.24, 2.45) is 0 Å². The van der Waals surface area contributed by atoms with E-state index >= 15 is 0 Å². The molecule has 0 atom stereocenters. The van der Waals surface area contributed by atoms with Crippen LogP contribution in [0.3, 0.4) is 0 Å². The molecule has 1 aromatic carbocycles. The number of aryl methyl sites for hydroxylation is 1. The highest BCUT2D eigenvalue weighted by Crippen LogP contribution is 2.32. The highest BCUT2D eigenvalue weighted by atomic mass is 35.5. The number of nitrogens with one attached hydrogen (secondary N) is 1. The molecule has 0 radical (unpaired) electrons. The van der Waals surface area contributed by atoms with Gasteiger partial charge in [0.15, 0.2) is 5.78 Å². The van der Waals surface area contributed by atoms with E-state index in [2.05, 4.69) is 5.32 Å². The maximum Gasteiger partial charge on any atom is 0.259 e. The van der Waals surface area contributed by atoms with Gasteiger partial charge in [-0.25, -0.2) is 4.39 Å². The van der Waals surface area contributed by atoms with E-state index in [1.54, 1.807) is 0 Å². The van der Waals surface area contributed by atoms with Crippen molar-refractivity contribution in [3.63, 3.8) is 0 Å². The van der Waals surface area contributed by atoms with E-state index < -0.39 is 11.7 Å². The van der Waals surface area contributed by atoms with Crippen LogP contribution in [0.25, 0.3) is 0 Å². The lowest BCUT2D eigenvalue weighted by Gasteiger charge is -2.12. The molecule has 1 aromatic heterocycles. The molecule has 2 aromatic rings. The number of halogens is 2. The van der Waals surface area contributed by atoms with Crippen LogP contribution in [0.1, 0.15) is 39.3 Å². The maximum absolute atomic E-state index is 13.6. The van der Waals surface area contributed by atoms with Crippen LogP contribution in [0.15, 0.2) is 22.8 Å². The number of carbonyl (C=O) groups is 2. The maximum atomic E-state index is 13.6. The van der Waals surface area contributed by atoms with E-state index in [1.807, 2.05) is 0 Å². The Morgan fingerprint density at radius 1 is 1.39 bits per heavy atom. The van der Waals surface area contributed by atoms with Gasteiger partial charge in [0.05, 0.1) is 28.9 Å². The number of ether oxygens (including phenoxy) is 1. The molecule has 0 bridgehead atoms. The third-order valence-corrected chi connectivity index (χ3v) is 3.98. The van der Waals surface area contributed by atoms with E-state index in [0.717, 1.165) is 6.07 Å². The minimum atomic E-state index is -0.687. The van der Waals surface area contributed by atoms with Crippen LogP contribution in [0, 0.1) is 5.82 Å². The Morgan fingerprint density at radius 2 is 2.17 bits per heavy atom. The van der Waals surface area contributed by atoms with Crippen LogP contribution in [0.4, 0.5) is 10.1 Å². The Balaban J connectivity index is 1.93. The summed E-state index contributed by atoms with van der Waals surface area (Å²) in [4.78, 5) is 24.4. The third kappa shape index (κ3) is 2.82. The highest BCUT2D eigenvalue weighted by Gasteiger charge is 2.28. The van der Waals surface area contributed by atoms with E-state index in [1.165, 1.54) is 19.4 Å². The monoisotopic (exact) mass is 337 g/mol. The Kier molecular flexibility index (Phi) is 4.09. The quantitative estimate of drug-likeness (QED) is 0.923. The van der Waals surface area contributed by atoms with Crippen molar-refractivity contribution in [3.05, 3.63) is 46.1 Å². The molecule has 0 fully saturated rings. The molecule has 120 valence electrons. The molecule has 1 heterocycles. The summed E-state index contributed by atoms with van der Waals surface area (Å²) in [6.07, 6.45) is 2.96. The summed E-state index contributed by atoms with van der Waals surface area (Å²) in [6, 6.07) is 2.33. The van der Waals surface area contributed by atoms with Gasteiger partial charge in [-0.05, 0) is 6.42 Å². The number of benzene rings is 1. The van der Waals surface area contributed by atoms with Gasteiger partial charge in [-0.15, -0.1) is 0 Å². The molecule has 0 spiro atoms. The number of rotatable bonds is 3. The second-order valence-corrected chi connectivity index (χ2v) is 5.55. The molecule has 1 aliphatic carbocycles. The second kappa shape index (κ2) is 6.04. The van der Waals surface area contributed by atoms with Gasteiger partial charge in [-0.1, -0.05) is 11.6 Å². The zero-order valence-corrected chi connectivity index (χ0v) is 13.0. The minimum absolute atomic E-state index is 0.115. The van der Waals surface area contributed by atoms with Gasteiger partial charge in [-0.2, -0.15) is 0 Å². The molecule has 1 amide bonds. The van der Waals surface area contributed by atoms with E-state index in [4.69, 9.17) is 20.8 Å². The van der Waals surface area contributed by atoms with E-state index in [9.17, 15) is 14.0 Å². The van der Waals surface area contributed by atoms with Crippen LogP contribution >= 0.6 is 11.6 Å². The van der Waals surface area contributed by atoms with Crippen molar-refractivity contribution >= 4 is 29.0 Å². The van der Waals surface area contributed by atoms with Gasteiger partial charge >= 0.3 is 0 Å². The Bertz CT molecular complexity index is 800. The van der Waals surface area contributed by atoms with Gasteiger partial charge in [0.2, 0.25) is 0 Å². The molecule has 7 heteroatoms. The first-order valence-corrected chi connectivity index (χ1v) is 7.37. The van der Waals surface area contributed by atoms with Crippen molar-refractivity contribution in [1.82, 2.24) is 0 Å². The average molecular weight is 338 g/mol. The smallest absolute Gasteiger partial charge is 0.259 e. The summed E-state index contributed by atoms with van der Waals surface area (Å²) >= 11 is 5.69. The van der Waals surface area contributed by atoms with Crippen LogP contribution in [0.2, 0.25) is 5.02 Å². The van der Waals surface area contributed by atoms with Gasteiger partial charge in [0.25, 0.3) is 5.91 Å². The number of ketones is 1. The van der Waals surface area contributed by atoms with E-state index in [0.29, 0.717) is 30.6 Å². The summed E-state index contributed by atoms with van der Waals surface area (Å²) in [5.74, 6) is -0.646. The molecule has 3 rings (SSSR count). The zero-order chi connectivity index (χ0) is 16.6. The van der Waals surface area contributed by atoms with Gasteiger partial charge in [-0.3, -0.25) is 9.59 Å². The molecule has 5 nitrogen and oxygen atoms in total. The number of Topliss-reactive ketones (excluding diaryl/α,β-unsaturated/α-hetero) is 1. The summed E-state index contributed by atoms with van der Waals surface area (Å²) in [7, 11) is 1.38. The molecular weight excluding hydrogens is 325 g/mol. The fraction of sp³-hybridized carbons (Fsp3) is 0.250. The standard InChI is InChI=1S/C16H13ClFNO4/c1-22-14-5-9(17)10(18)6-11(14)19-16(21)8-7-23-13-4-2-3-12(20)15(8)13/h5-7H,2-4H2,1H3,(H,19,21). The number of amides is 1. The summed E-state index contributed by atoms with van der Waals surface area (Å²) < 4.78 is 24.0. The van der Waals surface area contributed by atoms with Crippen molar-refractivity contribution in [1.29, 1.82) is 0 Å². The van der Waals surface area contributed by atoms with Crippen LogP contribution in [-0.4, -0.2) is 18.8 Å². The first-order valence-electron chi connectivity index (χ1n) is 6.99. The highest BCUT2D eigenvalue weighted by molar-refractivity contribution is 6.31. The van der Waals surface area contributed by atoms with Crippen molar-refractivity contribution in [2.45, 2.75) is 19.3 Å². The minimum Gasteiger partial charge on any atom is -0.495 e. The lowest BCUT2D eigenvalue weighted by molar-refractivity contribution is 0.0955. The molecular formula is C16H13ClFNO4. The number of methoxy groups -OCH3 is 1. The molecule has 1 N–H and O–H groups in total. The van der Waals surface area contributed by atoms with Gasteiger partial charge in [0, 0.05) is 25.0 Å². The molecule has 0 unspecified atom stereocenters. The van der Waals surface area contributed by atoms with Crippen molar-refractivity contribution in [2.75, 3.05) is 12.4 Å².